The zero-order chi connectivity index (χ0) is 14.3. The zero-order valence-electron chi connectivity index (χ0n) is 12.4. The standard InChI is InChI=1S/C15H25NO3/c1-5-7-11(8-6-2)14(16-3)12-9-10-13(19-12)15(17)18-4/h9-11,14,16H,5-8H2,1-4H3. The van der Waals surface area contributed by atoms with E-state index < -0.39 is 5.97 Å². The number of rotatable bonds is 8. The molecule has 0 aliphatic carbocycles. The molecule has 1 atom stereocenters. The molecule has 0 aliphatic heterocycles. The van der Waals surface area contributed by atoms with Crippen molar-refractivity contribution in [2.24, 2.45) is 5.92 Å². The van der Waals surface area contributed by atoms with Crippen molar-refractivity contribution in [1.29, 1.82) is 0 Å². The van der Waals surface area contributed by atoms with Gasteiger partial charge in [-0.3, -0.25) is 0 Å². The fraction of sp³-hybridized carbons (Fsp3) is 0.667. The molecule has 0 bridgehead atoms. The Kier molecular flexibility index (Phi) is 6.64. The van der Waals surface area contributed by atoms with Gasteiger partial charge >= 0.3 is 5.97 Å². The third-order valence-electron chi connectivity index (χ3n) is 3.42. The topological polar surface area (TPSA) is 51.5 Å². The van der Waals surface area contributed by atoms with Crippen LogP contribution >= 0.6 is 0 Å². The minimum Gasteiger partial charge on any atom is -0.463 e. The second-order valence-corrected chi connectivity index (χ2v) is 4.80. The third-order valence-corrected chi connectivity index (χ3v) is 3.42. The highest BCUT2D eigenvalue weighted by Gasteiger charge is 2.24. The molecule has 108 valence electrons. The first-order chi connectivity index (χ1) is 9.17. The molecule has 0 aliphatic rings. The summed E-state index contributed by atoms with van der Waals surface area (Å²) in [6, 6.07) is 3.70. The Bertz CT molecular complexity index is 380. The van der Waals surface area contributed by atoms with E-state index in [0.29, 0.717) is 5.92 Å². The van der Waals surface area contributed by atoms with E-state index in [9.17, 15) is 4.79 Å². The van der Waals surface area contributed by atoms with Crippen molar-refractivity contribution in [3.63, 3.8) is 0 Å². The predicted octanol–water partition coefficient (Wildman–Crippen LogP) is 3.54. The van der Waals surface area contributed by atoms with Crippen LogP contribution in [0.15, 0.2) is 16.5 Å². The maximum Gasteiger partial charge on any atom is 0.373 e. The Balaban J connectivity index is 2.88. The average molecular weight is 267 g/mol. The lowest BCUT2D eigenvalue weighted by Crippen LogP contribution is -2.25. The van der Waals surface area contributed by atoms with E-state index in [4.69, 9.17) is 4.42 Å². The van der Waals surface area contributed by atoms with Crippen molar-refractivity contribution in [3.8, 4) is 0 Å². The van der Waals surface area contributed by atoms with E-state index in [1.165, 1.54) is 7.11 Å². The lowest BCUT2D eigenvalue weighted by atomic mass is 9.89. The number of carbonyl (C=O) groups excluding carboxylic acids is 1. The second kappa shape index (κ2) is 8.00. The smallest absolute Gasteiger partial charge is 0.373 e. The molecule has 1 unspecified atom stereocenters. The van der Waals surface area contributed by atoms with Crippen LogP contribution in [0.4, 0.5) is 0 Å². The Morgan fingerprint density at radius 1 is 1.32 bits per heavy atom. The summed E-state index contributed by atoms with van der Waals surface area (Å²) in [5, 5.41) is 3.31. The van der Waals surface area contributed by atoms with Gasteiger partial charge in [-0.25, -0.2) is 4.79 Å². The lowest BCUT2D eigenvalue weighted by Gasteiger charge is -2.24. The molecule has 0 amide bonds. The molecule has 0 spiro atoms. The molecule has 4 heteroatoms. The van der Waals surface area contributed by atoms with Crippen LogP contribution in [-0.2, 0) is 4.74 Å². The molecular weight excluding hydrogens is 242 g/mol. The van der Waals surface area contributed by atoms with Gasteiger partial charge in [-0.1, -0.05) is 26.7 Å². The number of hydrogen-bond donors (Lipinski definition) is 1. The summed E-state index contributed by atoms with van der Waals surface area (Å²) in [6.45, 7) is 4.38. The van der Waals surface area contributed by atoms with Crippen LogP contribution in [0.25, 0.3) is 0 Å². The largest absolute Gasteiger partial charge is 0.463 e. The molecule has 1 heterocycles. The molecule has 4 nitrogen and oxygen atoms in total. The molecule has 1 N–H and O–H groups in total. The molecule has 1 aromatic heterocycles. The van der Waals surface area contributed by atoms with Crippen LogP contribution in [0.5, 0.6) is 0 Å². The Morgan fingerprint density at radius 3 is 2.42 bits per heavy atom. The quantitative estimate of drug-likeness (QED) is 0.732. The van der Waals surface area contributed by atoms with E-state index in [1.807, 2.05) is 13.1 Å². The molecular formula is C15H25NO3. The van der Waals surface area contributed by atoms with Gasteiger partial charge in [-0.05, 0) is 37.9 Å². The van der Waals surface area contributed by atoms with Gasteiger partial charge < -0.3 is 14.5 Å². The number of ether oxygens (including phenoxy) is 1. The molecule has 0 saturated carbocycles. The summed E-state index contributed by atoms with van der Waals surface area (Å²) in [7, 11) is 3.29. The molecule has 0 saturated heterocycles. The first kappa shape index (κ1) is 15.8. The normalized spacial score (nSPS) is 12.7. The summed E-state index contributed by atoms with van der Waals surface area (Å²) >= 11 is 0. The van der Waals surface area contributed by atoms with Crippen molar-refractivity contribution in [3.05, 3.63) is 23.7 Å². The minimum absolute atomic E-state index is 0.151. The second-order valence-electron chi connectivity index (χ2n) is 4.80. The van der Waals surface area contributed by atoms with Gasteiger partial charge in [0.05, 0.1) is 13.2 Å². The molecule has 0 radical (unpaired) electrons. The van der Waals surface area contributed by atoms with Crippen molar-refractivity contribution in [2.75, 3.05) is 14.2 Å². The van der Waals surface area contributed by atoms with Crippen LogP contribution < -0.4 is 5.32 Å². The molecule has 1 rings (SSSR count). The summed E-state index contributed by atoms with van der Waals surface area (Å²) in [6.07, 6.45) is 4.59. The van der Waals surface area contributed by atoms with Crippen molar-refractivity contribution < 1.29 is 13.9 Å². The van der Waals surface area contributed by atoms with Gasteiger partial charge in [0, 0.05) is 0 Å². The van der Waals surface area contributed by atoms with E-state index in [0.717, 1.165) is 31.4 Å². The van der Waals surface area contributed by atoms with E-state index in [1.54, 1.807) is 6.07 Å². The summed E-state index contributed by atoms with van der Waals surface area (Å²) in [5.74, 6) is 1.18. The SMILES string of the molecule is CCCC(CCC)C(NC)c1ccc(C(=O)OC)o1. The van der Waals surface area contributed by atoms with Crippen LogP contribution in [0, 0.1) is 5.92 Å². The van der Waals surface area contributed by atoms with Crippen molar-refractivity contribution >= 4 is 5.97 Å². The lowest BCUT2D eigenvalue weighted by molar-refractivity contribution is 0.0560. The highest BCUT2D eigenvalue weighted by molar-refractivity contribution is 5.86. The maximum absolute atomic E-state index is 11.4. The Labute approximate surface area is 115 Å². The van der Waals surface area contributed by atoms with Gasteiger partial charge in [0.2, 0.25) is 5.76 Å². The maximum atomic E-state index is 11.4. The molecule has 1 aromatic rings. The predicted molar refractivity (Wildman–Crippen MR) is 75.2 cm³/mol. The summed E-state index contributed by atoms with van der Waals surface area (Å²) in [5.41, 5.74) is 0. The summed E-state index contributed by atoms with van der Waals surface area (Å²) < 4.78 is 10.3. The van der Waals surface area contributed by atoms with Crippen LogP contribution in [0.2, 0.25) is 0 Å². The van der Waals surface area contributed by atoms with Crippen LogP contribution in [-0.4, -0.2) is 20.1 Å². The first-order valence-corrected chi connectivity index (χ1v) is 7.03. The van der Waals surface area contributed by atoms with Gasteiger partial charge in [0.25, 0.3) is 0 Å². The third kappa shape index (κ3) is 4.10. The fourth-order valence-electron chi connectivity index (χ4n) is 2.56. The highest BCUT2D eigenvalue weighted by atomic mass is 16.5. The zero-order valence-corrected chi connectivity index (χ0v) is 12.4. The van der Waals surface area contributed by atoms with Gasteiger partial charge in [-0.15, -0.1) is 0 Å². The number of hydrogen-bond acceptors (Lipinski definition) is 4. The Hall–Kier alpha value is -1.29. The highest BCUT2D eigenvalue weighted by Crippen LogP contribution is 2.30. The molecule has 19 heavy (non-hydrogen) atoms. The van der Waals surface area contributed by atoms with Gasteiger partial charge in [0.1, 0.15) is 5.76 Å². The minimum atomic E-state index is -0.427. The molecule has 0 aromatic carbocycles. The van der Waals surface area contributed by atoms with E-state index >= 15 is 0 Å². The number of carbonyl (C=O) groups is 1. The Morgan fingerprint density at radius 2 is 1.95 bits per heavy atom. The van der Waals surface area contributed by atoms with Crippen molar-refractivity contribution in [2.45, 2.75) is 45.6 Å². The van der Waals surface area contributed by atoms with E-state index in [2.05, 4.69) is 23.9 Å². The number of methoxy groups -OCH3 is 1. The number of nitrogens with one attached hydrogen (secondary N) is 1. The first-order valence-electron chi connectivity index (χ1n) is 7.03. The monoisotopic (exact) mass is 267 g/mol. The number of esters is 1. The molecule has 0 fully saturated rings. The van der Waals surface area contributed by atoms with Gasteiger partial charge in [-0.2, -0.15) is 0 Å². The van der Waals surface area contributed by atoms with E-state index in [-0.39, 0.29) is 11.8 Å². The summed E-state index contributed by atoms with van der Waals surface area (Å²) in [4.78, 5) is 11.4. The van der Waals surface area contributed by atoms with Crippen LogP contribution in [0.1, 0.15) is 61.9 Å². The van der Waals surface area contributed by atoms with Crippen molar-refractivity contribution in [1.82, 2.24) is 5.32 Å². The number of furan rings is 1. The van der Waals surface area contributed by atoms with Gasteiger partial charge in [0.15, 0.2) is 0 Å². The van der Waals surface area contributed by atoms with Crippen LogP contribution in [0.3, 0.4) is 0 Å². The average Bonchev–Trinajstić information content (AvgIpc) is 2.89. The fourth-order valence-corrected chi connectivity index (χ4v) is 2.56.